The van der Waals surface area contributed by atoms with Gasteiger partial charge in [0.15, 0.2) is 5.76 Å². The first-order valence-electron chi connectivity index (χ1n) is 10.4. The van der Waals surface area contributed by atoms with Crippen molar-refractivity contribution in [1.82, 2.24) is 29.7 Å². The van der Waals surface area contributed by atoms with Crippen molar-refractivity contribution in [3.05, 3.63) is 79.0 Å². The fourth-order valence-corrected chi connectivity index (χ4v) is 4.22. The molecule has 0 radical (unpaired) electrons. The molecular formula is C24H18FN7O. The Morgan fingerprint density at radius 2 is 1.94 bits per heavy atom. The normalized spacial score (nSPS) is 12.5. The van der Waals surface area contributed by atoms with E-state index >= 15 is 0 Å². The Balaban J connectivity index is 1.51. The van der Waals surface area contributed by atoms with Crippen molar-refractivity contribution in [2.75, 3.05) is 5.73 Å². The Morgan fingerprint density at radius 3 is 2.82 bits per heavy atom. The van der Waals surface area contributed by atoms with Crippen molar-refractivity contribution in [2.24, 2.45) is 0 Å². The zero-order valence-corrected chi connectivity index (χ0v) is 17.5. The number of rotatable bonds is 4. The van der Waals surface area contributed by atoms with E-state index in [1.165, 1.54) is 12.4 Å². The van der Waals surface area contributed by atoms with Gasteiger partial charge in [-0.15, -0.1) is 0 Å². The Morgan fingerprint density at radius 1 is 1.06 bits per heavy atom. The molecule has 1 aromatic carbocycles. The highest BCUT2D eigenvalue weighted by atomic mass is 19.1. The van der Waals surface area contributed by atoms with Gasteiger partial charge in [0, 0.05) is 41.2 Å². The zero-order chi connectivity index (χ0) is 22.5. The van der Waals surface area contributed by atoms with Crippen LogP contribution >= 0.6 is 0 Å². The minimum Gasteiger partial charge on any atom is -0.383 e. The largest absolute Gasteiger partial charge is 0.383 e. The van der Waals surface area contributed by atoms with E-state index in [1.807, 2.05) is 36.0 Å². The van der Waals surface area contributed by atoms with Crippen LogP contribution in [0.4, 0.5) is 10.2 Å². The van der Waals surface area contributed by atoms with Crippen LogP contribution in [0.15, 0.2) is 71.9 Å². The maximum absolute atomic E-state index is 14.2. The molecule has 5 heterocycles. The number of aromatic amines is 1. The molecule has 1 unspecified atom stereocenters. The lowest BCUT2D eigenvalue weighted by atomic mass is 10.0. The summed E-state index contributed by atoms with van der Waals surface area (Å²) in [5.41, 5.74) is 10.4. The topological polar surface area (TPSA) is 111 Å². The third-order valence-electron chi connectivity index (χ3n) is 5.90. The van der Waals surface area contributed by atoms with E-state index in [2.05, 4.69) is 25.1 Å². The van der Waals surface area contributed by atoms with E-state index in [1.54, 1.807) is 30.5 Å². The number of nitrogens with one attached hydrogen (secondary N) is 1. The number of nitrogens with zero attached hydrogens (tertiary/aromatic N) is 5. The van der Waals surface area contributed by atoms with Gasteiger partial charge in [0.05, 0.1) is 11.4 Å². The van der Waals surface area contributed by atoms with Crippen molar-refractivity contribution >= 4 is 27.9 Å². The van der Waals surface area contributed by atoms with Crippen molar-refractivity contribution in [1.29, 1.82) is 0 Å². The average molecular weight is 439 g/mol. The molecule has 162 valence electrons. The smallest absolute Gasteiger partial charge is 0.159 e. The number of nitrogens with two attached hydrogens (primary N) is 1. The Bertz CT molecular complexity index is 1630. The standard InChI is InChI=1S/C24H18FN7O/c1-13(20-10-19(31-33-20)16-4-2-3-5-18(16)25)32-11-17(21-22(26)29-12-30-24(21)32)14-6-8-27-23-15(14)7-9-28-23/h2-13H,1H3,(H,27,28)(H2,26,29,30). The maximum atomic E-state index is 14.2. The van der Waals surface area contributed by atoms with E-state index in [0.29, 0.717) is 28.5 Å². The number of hydrogen-bond acceptors (Lipinski definition) is 6. The predicted octanol–water partition coefficient (Wildman–Crippen LogP) is 4.96. The van der Waals surface area contributed by atoms with Crippen LogP contribution in [-0.4, -0.2) is 29.7 Å². The van der Waals surface area contributed by atoms with E-state index in [4.69, 9.17) is 10.3 Å². The number of hydrogen-bond donors (Lipinski definition) is 2. The van der Waals surface area contributed by atoms with E-state index in [9.17, 15) is 4.39 Å². The van der Waals surface area contributed by atoms with E-state index < -0.39 is 0 Å². The molecule has 0 amide bonds. The van der Waals surface area contributed by atoms with Gasteiger partial charge in [-0.1, -0.05) is 17.3 Å². The zero-order valence-electron chi connectivity index (χ0n) is 17.5. The number of H-pyrrole nitrogens is 1. The summed E-state index contributed by atoms with van der Waals surface area (Å²) in [7, 11) is 0. The van der Waals surface area contributed by atoms with Crippen LogP contribution in [0.1, 0.15) is 18.7 Å². The Labute approximate surface area is 186 Å². The molecule has 8 nitrogen and oxygen atoms in total. The molecule has 5 aromatic heterocycles. The maximum Gasteiger partial charge on any atom is 0.159 e. The fraction of sp³-hybridized carbons (Fsp3) is 0.0833. The molecule has 6 aromatic rings. The average Bonchev–Trinajstić information content (AvgIpc) is 3.57. The number of pyridine rings is 1. The van der Waals surface area contributed by atoms with Gasteiger partial charge in [0.2, 0.25) is 0 Å². The third kappa shape index (κ3) is 2.97. The fourth-order valence-electron chi connectivity index (χ4n) is 4.22. The van der Waals surface area contributed by atoms with Crippen LogP contribution in [0, 0.1) is 5.82 Å². The van der Waals surface area contributed by atoms with E-state index in [0.717, 1.165) is 27.5 Å². The molecule has 9 heteroatoms. The van der Waals surface area contributed by atoms with Gasteiger partial charge in [0.1, 0.15) is 35.0 Å². The summed E-state index contributed by atoms with van der Waals surface area (Å²) in [5.74, 6) is 0.592. The van der Waals surface area contributed by atoms with Crippen LogP contribution in [0.5, 0.6) is 0 Å². The van der Waals surface area contributed by atoms with Crippen molar-refractivity contribution < 1.29 is 8.91 Å². The molecule has 1 atom stereocenters. The third-order valence-corrected chi connectivity index (χ3v) is 5.90. The quantitative estimate of drug-likeness (QED) is 0.402. The lowest BCUT2D eigenvalue weighted by Gasteiger charge is -2.11. The van der Waals surface area contributed by atoms with Crippen LogP contribution in [0.3, 0.4) is 0 Å². The van der Waals surface area contributed by atoms with Gasteiger partial charge in [-0.3, -0.25) is 0 Å². The van der Waals surface area contributed by atoms with Gasteiger partial charge >= 0.3 is 0 Å². The van der Waals surface area contributed by atoms with Gasteiger partial charge < -0.3 is 19.8 Å². The summed E-state index contributed by atoms with van der Waals surface area (Å²) < 4.78 is 21.8. The summed E-state index contributed by atoms with van der Waals surface area (Å²) >= 11 is 0. The molecule has 0 saturated heterocycles. The summed E-state index contributed by atoms with van der Waals surface area (Å²) in [6, 6.07) is 11.8. The molecule has 0 saturated carbocycles. The minimum atomic E-state index is -0.354. The van der Waals surface area contributed by atoms with Crippen LogP contribution in [0.2, 0.25) is 0 Å². The molecule has 0 fully saturated rings. The first kappa shape index (κ1) is 19.2. The monoisotopic (exact) mass is 439 g/mol. The first-order chi connectivity index (χ1) is 16.1. The minimum absolute atomic E-state index is 0.285. The van der Waals surface area contributed by atoms with Gasteiger partial charge in [-0.25, -0.2) is 19.3 Å². The number of halogens is 1. The van der Waals surface area contributed by atoms with Crippen molar-refractivity contribution in [2.45, 2.75) is 13.0 Å². The second-order valence-electron chi connectivity index (χ2n) is 7.78. The summed E-state index contributed by atoms with van der Waals surface area (Å²) in [6.45, 7) is 1.96. The van der Waals surface area contributed by atoms with E-state index in [-0.39, 0.29) is 11.9 Å². The Kier molecular flexibility index (Phi) is 4.22. The molecule has 6 rings (SSSR count). The molecule has 3 N–H and O–H groups in total. The Hall–Kier alpha value is -4.53. The number of benzene rings is 1. The predicted molar refractivity (Wildman–Crippen MR) is 123 cm³/mol. The molecule has 0 aliphatic rings. The van der Waals surface area contributed by atoms with Crippen LogP contribution in [-0.2, 0) is 0 Å². The summed E-state index contributed by atoms with van der Waals surface area (Å²) in [5, 5.41) is 5.80. The number of anilines is 1. The summed E-state index contributed by atoms with van der Waals surface area (Å²) in [6.07, 6.45) is 7.02. The number of nitrogen functional groups attached to an aromatic ring is 1. The highest BCUT2D eigenvalue weighted by molar-refractivity contribution is 6.06. The molecular weight excluding hydrogens is 421 g/mol. The lowest BCUT2D eigenvalue weighted by molar-refractivity contribution is 0.356. The second-order valence-corrected chi connectivity index (χ2v) is 7.78. The summed E-state index contributed by atoms with van der Waals surface area (Å²) in [4.78, 5) is 16.2. The second kappa shape index (κ2) is 7.27. The number of aromatic nitrogens is 6. The molecule has 0 spiro atoms. The van der Waals surface area contributed by atoms with Crippen molar-refractivity contribution in [3.63, 3.8) is 0 Å². The molecule has 0 aliphatic carbocycles. The highest BCUT2D eigenvalue weighted by Gasteiger charge is 2.23. The van der Waals surface area contributed by atoms with Gasteiger partial charge in [0.25, 0.3) is 0 Å². The SMILES string of the molecule is CC(c1cc(-c2ccccc2F)no1)n1cc(-c2ccnc3[nH]ccc23)c2c(N)ncnc21. The van der Waals surface area contributed by atoms with Gasteiger partial charge in [-0.05, 0) is 36.8 Å². The first-order valence-corrected chi connectivity index (χ1v) is 10.4. The molecule has 0 aliphatic heterocycles. The molecule has 33 heavy (non-hydrogen) atoms. The van der Waals surface area contributed by atoms with Gasteiger partial charge in [-0.2, -0.15) is 0 Å². The lowest BCUT2D eigenvalue weighted by Crippen LogP contribution is -2.05. The van der Waals surface area contributed by atoms with Crippen LogP contribution in [0.25, 0.3) is 44.5 Å². The van der Waals surface area contributed by atoms with Crippen LogP contribution < -0.4 is 5.73 Å². The molecule has 0 bridgehead atoms. The number of fused-ring (bicyclic) bond motifs is 2. The highest BCUT2D eigenvalue weighted by Crippen LogP contribution is 2.38. The van der Waals surface area contributed by atoms with Crippen molar-refractivity contribution in [3.8, 4) is 22.4 Å².